The van der Waals surface area contributed by atoms with Crippen molar-refractivity contribution in [2.75, 3.05) is 0 Å². The van der Waals surface area contributed by atoms with Crippen LogP contribution in [0.1, 0.15) is 47.8 Å². The number of carboxylic acids is 2. The highest BCUT2D eigenvalue weighted by atomic mass is 79.9. The summed E-state index contributed by atoms with van der Waals surface area (Å²) in [5, 5.41) is 40.3. The molecule has 1 spiro atoms. The molecule has 0 bridgehead atoms. The van der Waals surface area contributed by atoms with Crippen LogP contribution in [-0.4, -0.2) is 38.3 Å². The molecule has 0 unspecified atom stereocenters. The van der Waals surface area contributed by atoms with Crippen molar-refractivity contribution < 1.29 is 44.3 Å². The summed E-state index contributed by atoms with van der Waals surface area (Å²) in [7, 11) is 0. The van der Waals surface area contributed by atoms with E-state index >= 15 is 0 Å². The average Bonchev–Trinajstić information content (AvgIpc) is 3.07. The molecule has 0 fully saturated rings. The lowest BCUT2D eigenvalue weighted by Gasteiger charge is -2.38. The molecule has 3 aromatic rings. The second kappa shape index (κ2) is 7.45. The number of aromatic carboxylic acids is 2. The minimum Gasteiger partial charge on any atom is -0.506 e. The Kier molecular flexibility index (Phi) is 4.97. The molecule has 2 aliphatic rings. The van der Waals surface area contributed by atoms with Crippen LogP contribution in [0.2, 0.25) is 0 Å². The fourth-order valence-corrected chi connectivity index (χ4v) is 5.88. The van der Waals surface area contributed by atoms with E-state index in [2.05, 4.69) is 47.8 Å². The Balaban J connectivity index is 2.02. The number of carbonyl (C=O) groups excluding carboxylic acids is 1. The van der Waals surface area contributed by atoms with E-state index in [1.165, 1.54) is 6.07 Å². The van der Waals surface area contributed by atoms with Crippen LogP contribution >= 0.6 is 47.8 Å². The van der Waals surface area contributed by atoms with E-state index in [0.29, 0.717) is 4.47 Å². The van der Waals surface area contributed by atoms with Gasteiger partial charge >= 0.3 is 17.9 Å². The first-order valence-electron chi connectivity index (χ1n) is 9.29. The zero-order valence-corrected chi connectivity index (χ0v) is 21.1. The van der Waals surface area contributed by atoms with Gasteiger partial charge in [-0.2, -0.15) is 0 Å². The van der Waals surface area contributed by atoms with Gasteiger partial charge in [0.25, 0.3) is 0 Å². The van der Waals surface area contributed by atoms with E-state index in [9.17, 15) is 34.8 Å². The molecule has 2 heterocycles. The lowest BCUT2D eigenvalue weighted by molar-refractivity contribution is 0.0221. The number of hydrogen-bond donors (Lipinski definition) is 4. The van der Waals surface area contributed by atoms with Crippen LogP contribution in [0.5, 0.6) is 23.0 Å². The van der Waals surface area contributed by atoms with Gasteiger partial charge in [0, 0.05) is 21.2 Å². The molecule has 0 aliphatic carbocycles. The van der Waals surface area contributed by atoms with Gasteiger partial charge in [-0.25, -0.2) is 14.4 Å². The van der Waals surface area contributed by atoms with Gasteiger partial charge in [0.05, 0.1) is 5.56 Å². The number of aromatic hydroxyl groups is 2. The van der Waals surface area contributed by atoms with Crippen molar-refractivity contribution in [2.45, 2.75) is 5.60 Å². The number of ether oxygens (including phenoxy) is 2. The topological polar surface area (TPSA) is 151 Å². The Morgan fingerprint density at radius 2 is 1.35 bits per heavy atom. The van der Waals surface area contributed by atoms with E-state index in [4.69, 9.17) is 9.47 Å². The van der Waals surface area contributed by atoms with Gasteiger partial charge in [-0.3, -0.25) is 0 Å². The molecule has 2 aliphatic heterocycles. The SMILES string of the molecule is O=C(O)c1cc2c(c(Br)c1O)Oc1c(cc(C(=O)O)c(O)c1Br)C21OC(=O)c2cccc(Br)c21. The van der Waals surface area contributed by atoms with Crippen LogP contribution in [0.4, 0.5) is 0 Å². The third-order valence-electron chi connectivity index (χ3n) is 5.65. The predicted molar refractivity (Wildman–Crippen MR) is 125 cm³/mol. The summed E-state index contributed by atoms with van der Waals surface area (Å²) in [6, 6.07) is 6.95. The molecule has 0 radical (unpaired) electrons. The zero-order valence-electron chi connectivity index (χ0n) is 16.4. The number of esters is 1. The first-order chi connectivity index (χ1) is 16.0. The summed E-state index contributed by atoms with van der Waals surface area (Å²) >= 11 is 9.74. The molecule has 12 heteroatoms. The zero-order chi connectivity index (χ0) is 24.7. The molecule has 0 amide bonds. The highest BCUT2D eigenvalue weighted by molar-refractivity contribution is 9.11. The smallest absolute Gasteiger partial charge is 0.340 e. The van der Waals surface area contributed by atoms with Crippen molar-refractivity contribution in [3.05, 3.63) is 77.1 Å². The highest BCUT2D eigenvalue weighted by Gasteiger charge is 2.56. The van der Waals surface area contributed by atoms with Gasteiger partial charge in [-0.15, -0.1) is 0 Å². The summed E-state index contributed by atoms with van der Waals surface area (Å²) in [6.45, 7) is 0. The second-order valence-electron chi connectivity index (χ2n) is 7.37. The highest BCUT2D eigenvalue weighted by Crippen LogP contribution is 2.62. The Bertz CT molecular complexity index is 1420. The first-order valence-corrected chi connectivity index (χ1v) is 11.7. The van der Waals surface area contributed by atoms with Gasteiger partial charge in [-0.05, 0) is 56.1 Å². The molecule has 0 saturated carbocycles. The van der Waals surface area contributed by atoms with Gasteiger partial charge < -0.3 is 29.9 Å². The number of hydrogen-bond acceptors (Lipinski definition) is 7. The van der Waals surface area contributed by atoms with E-state index in [0.717, 1.165) is 12.1 Å². The number of carboxylic acid groups (broad SMARTS) is 2. The number of phenols is 2. The molecule has 34 heavy (non-hydrogen) atoms. The molecule has 4 N–H and O–H groups in total. The number of benzene rings is 3. The molecule has 9 nitrogen and oxygen atoms in total. The van der Waals surface area contributed by atoms with Crippen molar-refractivity contribution >= 4 is 65.7 Å². The molecule has 0 atom stereocenters. The summed E-state index contributed by atoms with van der Waals surface area (Å²) in [5.41, 5.74) is -2.43. The Morgan fingerprint density at radius 3 is 1.82 bits per heavy atom. The third kappa shape index (κ3) is 2.79. The fraction of sp³-hybridized carbons (Fsp3) is 0.0455. The van der Waals surface area contributed by atoms with E-state index in [1.54, 1.807) is 12.1 Å². The van der Waals surface area contributed by atoms with Crippen molar-refractivity contribution in [2.24, 2.45) is 0 Å². The molecule has 0 saturated heterocycles. The number of halogens is 3. The summed E-state index contributed by atoms with van der Waals surface area (Å²) in [4.78, 5) is 36.8. The van der Waals surface area contributed by atoms with E-state index in [1.807, 2.05) is 0 Å². The van der Waals surface area contributed by atoms with Crippen molar-refractivity contribution in [1.29, 1.82) is 0 Å². The second-order valence-corrected chi connectivity index (χ2v) is 9.81. The molecular formula is C22H9Br3O9. The van der Waals surface area contributed by atoms with Crippen LogP contribution in [-0.2, 0) is 10.3 Å². The number of carbonyl (C=O) groups is 3. The van der Waals surface area contributed by atoms with Crippen LogP contribution < -0.4 is 4.74 Å². The largest absolute Gasteiger partial charge is 0.506 e. The summed E-state index contributed by atoms with van der Waals surface area (Å²) < 4.78 is 12.0. The monoisotopic (exact) mass is 654 g/mol. The molecular weight excluding hydrogens is 648 g/mol. The van der Waals surface area contributed by atoms with Gasteiger partial charge in [0.15, 0.2) is 17.1 Å². The molecule has 172 valence electrons. The van der Waals surface area contributed by atoms with E-state index < -0.39 is 46.1 Å². The maximum Gasteiger partial charge on any atom is 0.340 e. The maximum atomic E-state index is 13.0. The lowest BCUT2D eigenvalue weighted by Crippen LogP contribution is -2.34. The van der Waals surface area contributed by atoms with Crippen molar-refractivity contribution in [3.63, 3.8) is 0 Å². The predicted octanol–water partition coefficient (Wildman–Crippen LogP) is 5.35. The minimum atomic E-state index is -1.88. The van der Waals surface area contributed by atoms with Gasteiger partial charge in [0.1, 0.15) is 31.6 Å². The third-order valence-corrected chi connectivity index (χ3v) is 7.78. The Labute approximate surface area is 214 Å². The normalized spacial score (nSPS) is 14.6. The lowest BCUT2D eigenvalue weighted by atomic mass is 9.76. The average molecular weight is 657 g/mol. The van der Waals surface area contributed by atoms with E-state index in [-0.39, 0.29) is 42.7 Å². The summed E-state index contributed by atoms with van der Waals surface area (Å²) in [5.74, 6) is -5.12. The van der Waals surface area contributed by atoms with Crippen LogP contribution in [0.3, 0.4) is 0 Å². The maximum absolute atomic E-state index is 13.0. The first kappa shape index (κ1) is 22.7. The molecule has 5 rings (SSSR count). The fourth-order valence-electron chi connectivity index (χ4n) is 4.22. The number of fused-ring (bicyclic) bond motifs is 6. The summed E-state index contributed by atoms with van der Waals surface area (Å²) in [6.07, 6.45) is 0. The van der Waals surface area contributed by atoms with Crippen molar-refractivity contribution in [1.82, 2.24) is 0 Å². The van der Waals surface area contributed by atoms with Crippen LogP contribution in [0.25, 0.3) is 0 Å². The Morgan fingerprint density at radius 1 is 0.853 bits per heavy atom. The Hall–Kier alpha value is -3.09. The van der Waals surface area contributed by atoms with Gasteiger partial charge in [0.2, 0.25) is 0 Å². The minimum absolute atomic E-state index is 0.0232. The van der Waals surface area contributed by atoms with Crippen LogP contribution in [0, 0.1) is 0 Å². The van der Waals surface area contributed by atoms with Crippen molar-refractivity contribution in [3.8, 4) is 23.0 Å². The number of rotatable bonds is 2. The molecule has 3 aromatic carbocycles. The van der Waals surface area contributed by atoms with Crippen LogP contribution in [0.15, 0.2) is 43.7 Å². The molecule has 0 aromatic heterocycles. The standard InChI is InChI=1S/C22H9Br3O9/c23-11-3-1-2-6-12(11)22(34-21(6)32)9-4-7(19(28)29)15(26)13(24)17(9)33-18-10(22)5-8(20(30)31)16(27)14(18)25/h1-5,26-27H,(H,28,29)(H,30,31). The van der Waals surface area contributed by atoms with Gasteiger partial charge in [-0.1, -0.05) is 22.0 Å². The quantitative estimate of drug-likeness (QED) is 0.268.